The van der Waals surface area contributed by atoms with E-state index < -0.39 is 0 Å². The van der Waals surface area contributed by atoms with Gasteiger partial charge in [-0.1, -0.05) is 31.2 Å². The molecule has 2 atom stereocenters. The van der Waals surface area contributed by atoms with Gasteiger partial charge in [0.25, 0.3) is 0 Å². The fraction of sp³-hybridized carbons (Fsp3) is 0.417. The third kappa shape index (κ3) is 5.76. The van der Waals surface area contributed by atoms with Crippen molar-refractivity contribution in [3.8, 4) is 5.69 Å². The van der Waals surface area contributed by atoms with E-state index in [1.165, 1.54) is 31.5 Å². The van der Waals surface area contributed by atoms with Gasteiger partial charge in [0.15, 0.2) is 0 Å². The number of anilines is 1. The van der Waals surface area contributed by atoms with Crippen molar-refractivity contribution in [3.05, 3.63) is 66.0 Å². The SMILES string of the molecule is C[C@@H]1CN(C)CC[C@H]1CCc1ccc(NC(=O)Cc2ccc(-n3cnnn3)cc2)cc1. The van der Waals surface area contributed by atoms with Crippen molar-refractivity contribution < 1.29 is 4.79 Å². The Balaban J connectivity index is 1.25. The molecule has 0 saturated carbocycles. The van der Waals surface area contributed by atoms with E-state index in [0.29, 0.717) is 6.42 Å². The first kappa shape index (κ1) is 21.2. The summed E-state index contributed by atoms with van der Waals surface area (Å²) in [5, 5.41) is 14.1. The number of nitrogens with zero attached hydrogens (tertiary/aromatic N) is 5. The molecule has 1 saturated heterocycles. The van der Waals surface area contributed by atoms with E-state index >= 15 is 0 Å². The van der Waals surface area contributed by atoms with Crippen LogP contribution < -0.4 is 5.32 Å². The van der Waals surface area contributed by atoms with Crippen LogP contribution in [0.4, 0.5) is 5.69 Å². The molecule has 1 aliphatic heterocycles. The number of likely N-dealkylation sites (tertiary alicyclic amines) is 1. The second-order valence-corrected chi connectivity index (χ2v) is 8.67. The molecule has 1 N–H and O–H groups in total. The monoisotopic (exact) mass is 418 g/mol. The summed E-state index contributed by atoms with van der Waals surface area (Å²) in [5.74, 6) is 1.55. The van der Waals surface area contributed by atoms with E-state index in [9.17, 15) is 4.79 Å². The Morgan fingerprint density at radius 1 is 1.10 bits per heavy atom. The van der Waals surface area contributed by atoms with Crippen LogP contribution in [0.2, 0.25) is 0 Å². The molecular weight excluding hydrogens is 388 g/mol. The van der Waals surface area contributed by atoms with E-state index in [4.69, 9.17) is 0 Å². The lowest BCUT2D eigenvalue weighted by Crippen LogP contribution is -2.36. The summed E-state index contributed by atoms with van der Waals surface area (Å²) in [5.41, 5.74) is 3.98. The summed E-state index contributed by atoms with van der Waals surface area (Å²) in [6.07, 6.45) is 5.50. The first-order valence-corrected chi connectivity index (χ1v) is 11.0. The van der Waals surface area contributed by atoms with Gasteiger partial charge in [0.05, 0.1) is 12.1 Å². The quantitative estimate of drug-likeness (QED) is 0.637. The molecule has 1 aromatic heterocycles. The van der Waals surface area contributed by atoms with Crippen molar-refractivity contribution >= 4 is 11.6 Å². The van der Waals surface area contributed by atoms with Gasteiger partial charge in [0.1, 0.15) is 6.33 Å². The molecule has 0 radical (unpaired) electrons. The summed E-state index contributed by atoms with van der Waals surface area (Å²) in [4.78, 5) is 14.9. The second-order valence-electron chi connectivity index (χ2n) is 8.67. The number of aromatic nitrogens is 4. The molecule has 0 aliphatic carbocycles. The number of rotatable bonds is 7. The van der Waals surface area contributed by atoms with Crippen molar-refractivity contribution in [1.29, 1.82) is 0 Å². The maximum absolute atomic E-state index is 12.4. The number of tetrazole rings is 1. The summed E-state index contributed by atoms with van der Waals surface area (Å²) in [6, 6.07) is 15.9. The minimum Gasteiger partial charge on any atom is -0.326 e. The number of hydrogen-bond acceptors (Lipinski definition) is 5. The van der Waals surface area contributed by atoms with Gasteiger partial charge in [-0.15, -0.1) is 5.10 Å². The smallest absolute Gasteiger partial charge is 0.228 e. The lowest BCUT2D eigenvalue weighted by molar-refractivity contribution is -0.115. The van der Waals surface area contributed by atoms with E-state index in [1.807, 2.05) is 36.4 Å². The molecule has 162 valence electrons. The van der Waals surface area contributed by atoms with E-state index in [0.717, 1.165) is 35.2 Å². The van der Waals surface area contributed by atoms with Gasteiger partial charge in [-0.05, 0) is 90.5 Å². The molecule has 0 bridgehead atoms. The van der Waals surface area contributed by atoms with Crippen molar-refractivity contribution in [2.75, 3.05) is 25.5 Å². The van der Waals surface area contributed by atoms with Gasteiger partial charge in [-0.2, -0.15) is 0 Å². The van der Waals surface area contributed by atoms with Crippen LogP contribution in [-0.4, -0.2) is 51.2 Å². The van der Waals surface area contributed by atoms with Crippen LogP contribution in [0.15, 0.2) is 54.9 Å². The largest absolute Gasteiger partial charge is 0.326 e. The molecule has 1 aliphatic rings. The summed E-state index contributed by atoms with van der Waals surface area (Å²) in [6.45, 7) is 4.79. The van der Waals surface area contributed by atoms with Crippen LogP contribution in [0.3, 0.4) is 0 Å². The molecule has 1 amide bonds. The Morgan fingerprint density at radius 2 is 1.84 bits per heavy atom. The molecule has 3 aromatic rings. The van der Waals surface area contributed by atoms with Crippen molar-refractivity contribution in [2.24, 2.45) is 11.8 Å². The van der Waals surface area contributed by atoms with Gasteiger partial charge >= 0.3 is 0 Å². The summed E-state index contributed by atoms with van der Waals surface area (Å²) >= 11 is 0. The van der Waals surface area contributed by atoms with Crippen LogP contribution >= 0.6 is 0 Å². The Bertz CT molecular complexity index is 968. The zero-order valence-electron chi connectivity index (χ0n) is 18.2. The first-order chi connectivity index (χ1) is 15.1. The molecule has 31 heavy (non-hydrogen) atoms. The van der Waals surface area contributed by atoms with Crippen LogP contribution in [0.25, 0.3) is 5.69 Å². The number of hydrogen-bond donors (Lipinski definition) is 1. The molecule has 7 nitrogen and oxygen atoms in total. The summed E-state index contributed by atoms with van der Waals surface area (Å²) < 4.78 is 1.58. The molecule has 1 fully saturated rings. The lowest BCUT2D eigenvalue weighted by atomic mass is 9.83. The zero-order chi connectivity index (χ0) is 21.6. The Hall–Kier alpha value is -3.06. The van der Waals surface area contributed by atoms with Crippen molar-refractivity contribution in [3.63, 3.8) is 0 Å². The number of benzene rings is 2. The number of nitrogens with one attached hydrogen (secondary N) is 1. The number of piperidine rings is 1. The molecular formula is C24H30N6O. The number of carbonyl (C=O) groups is 1. The standard InChI is InChI=1S/C24H30N6O/c1-18-16-29(2)14-13-21(18)8-3-19-4-9-22(10-5-19)26-24(31)15-20-6-11-23(12-7-20)30-17-25-27-28-30/h4-7,9-12,17-18,21H,3,8,13-16H2,1-2H3,(H,26,31)/t18-,21-/m1/s1. The number of aryl methyl sites for hydroxylation is 1. The van der Waals surface area contributed by atoms with E-state index in [1.54, 1.807) is 11.0 Å². The topological polar surface area (TPSA) is 75.9 Å². The highest BCUT2D eigenvalue weighted by atomic mass is 16.1. The normalized spacial score (nSPS) is 19.3. The van der Waals surface area contributed by atoms with Crippen LogP contribution in [0, 0.1) is 11.8 Å². The van der Waals surface area contributed by atoms with Gasteiger partial charge in [0, 0.05) is 12.2 Å². The maximum atomic E-state index is 12.4. The molecule has 4 rings (SSSR count). The average molecular weight is 419 g/mol. The van der Waals surface area contributed by atoms with Crippen molar-refractivity contribution in [1.82, 2.24) is 25.1 Å². The predicted molar refractivity (Wildman–Crippen MR) is 121 cm³/mol. The second kappa shape index (κ2) is 9.83. The average Bonchev–Trinajstić information content (AvgIpc) is 3.30. The van der Waals surface area contributed by atoms with Gasteiger partial charge in [-0.3, -0.25) is 4.79 Å². The molecule has 7 heteroatoms. The molecule has 2 aromatic carbocycles. The van der Waals surface area contributed by atoms with Gasteiger partial charge in [-0.25, -0.2) is 4.68 Å². The minimum atomic E-state index is -0.0249. The highest BCUT2D eigenvalue weighted by Gasteiger charge is 2.23. The van der Waals surface area contributed by atoms with Crippen LogP contribution in [0.1, 0.15) is 30.9 Å². The maximum Gasteiger partial charge on any atom is 0.228 e. The predicted octanol–water partition coefficient (Wildman–Crippen LogP) is 3.36. The molecule has 0 spiro atoms. The van der Waals surface area contributed by atoms with E-state index in [-0.39, 0.29) is 5.91 Å². The third-order valence-electron chi connectivity index (χ3n) is 6.24. The number of amides is 1. The Morgan fingerprint density at radius 3 is 2.52 bits per heavy atom. The fourth-order valence-corrected chi connectivity index (χ4v) is 4.38. The van der Waals surface area contributed by atoms with Gasteiger partial charge < -0.3 is 10.2 Å². The van der Waals surface area contributed by atoms with E-state index in [2.05, 4.69) is 51.8 Å². The van der Waals surface area contributed by atoms with Crippen molar-refractivity contribution in [2.45, 2.75) is 32.6 Å². The Labute approximate surface area is 183 Å². The zero-order valence-corrected chi connectivity index (χ0v) is 18.2. The van der Waals surface area contributed by atoms with Gasteiger partial charge in [0.2, 0.25) is 5.91 Å². The number of carbonyl (C=O) groups excluding carboxylic acids is 1. The highest BCUT2D eigenvalue weighted by molar-refractivity contribution is 5.92. The lowest BCUT2D eigenvalue weighted by Gasteiger charge is -2.34. The molecule has 0 unspecified atom stereocenters. The molecule has 2 heterocycles. The van der Waals surface area contributed by atoms with Crippen LogP contribution in [-0.2, 0) is 17.6 Å². The third-order valence-corrected chi connectivity index (χ3v) is 6.24. The highest BCUT2D eigenvalue weighted by Crippen LogP contribution is 2.27. The first-order valence-electron chi connectivity index (χ1n) is 11.0. The van der Waals surface area contributed by atoms with Crippen LogP contribution in [0.5, 0.6) is 0 Å². The fourth-order valence-electron chi connectivity index (χ4n) is 4.38. The Kier molecular flexibility index (Phi) is 6.72. The summed E-state index contributed by atoms with van der Waals surface area (Å²) in [7, 11) is 2.21. The minimum absolute atomic E-state index is 0.0249.